The molecule has 0 fully saturated rings. The molecule has 8 nitrogen and oxygen atoms in total. The highest BCUT2D eigenvalue weighted by atomic mass is 16.7. The van der Waals surface area contributed by atoms with Gasteiger partial charge < -0.3 is 23.4 Å². The van der Waals surface area contributed by atoms with Crippen molar-refractivity contribution in [3.63, 3.8) is 0 Å². The van der Waals surface area contributed by atoms with Crippen LogP contribution < -0.4 is 0 Å². The van der Waals surface area contributed by atoms with Crippen LogP contribution >= 0.6 is 0 Å². The molecule has 0 saturated carbocycles. The molecule has 29 heavy (non-hydrogen) atoms. The second-order valence-electron chi connectivity index (χ2n) is 6.24. The first-order valence-electron chi connectivity index (χ1n) is 9.89. The summed E-state index contributed by atoms with van der Waals surface area (Å²) in [5.74, 6) is -2.24. The number of nitrogens with zero attached hydrogens (tertiary/aromatic N) is 1. The zero-order chi connectivity index (χ0) is 21.4. The Labute approximate surface area is 170 Å². The number of carbonyl (C=O) groups excluding carboxylic acids is 2. The van der Waals surface area contributed by atoms with Crippen molar-refractivity contribution >= 4 is 17.7 Å². The van der Waals surface area contributed by atoms with Crippen LogP contribution in [0.25, 0.3) is 0 Å². The summed E-state index contributed by atoms with van der Waals surface area (Å²) in [6.07, 6.45) is 0.615. The van der Waals surface area contributed by atoms with Crippen LogP contribution in [0.2, 0.25) is 0 Å². The molecule has 2 unspecified atom stereocenters. The molecule has 0 radical (unpaired) electrons. The van der Waals surface area contributed by atoms with Crippen LogP contribution in [0, 0.1) is 5.92 Å². The van der Waals surface area contributed by atoms with Gasteiger partial charge in [0, 0.05) is 18.9 Å². The van der Waals surface area contributed by atoms with Crippen molar-refractivity contribution in [3.8, 4) is 0 Å². The Balaban J connectivity index is 2.70. The fourth-order valence-corrected chi connectivity index (χ4v) is 3.33. The molecule has 2 atom stereocenters. The Bertz CT molecular complexity index is 745. The maximum atomic E-state index is 13.0. The maximum absolute atomic E-state index is 13.0. The molecule has 0 amide bonds. The Hall–Kier alpha value is -2.45. The van der Waals surface area contributed by atoms with Gasteiger partial charge in [-0.2, -0.15) is 0 Å². The molecule has 0 saturated heterocycles. The second-order valence-corrected chi connectivity index (χ2v) is 6.24. The summed E-state index contributed by atoms with van der Waals surface area (Å²) in [6.45, 7) is 9.88. The van der Waals surface area contributed by atoms with Gasteiger partial charge in [-0.1, -0.05) is 0 Å². The zero-order valence-electron chi connectivity index (χ0n) is 17.6. The van der Waals surface area contributed by atoms with E-state index >= 15 is 0 Å². The molecule has 2 heterocycles. The molecule has 8 heteroatoms. The number of ether oxygens (including phenoxy) is 4. The molecule has 0 N–H and O–H groups in total. The summed E-state index contributed by atoms with van der Waals surface area (Å²) in [4.78, 5) is 30.3. The van der Waals surface area contributed by atoms with Gasteiger partial charge in [-0.15, -0.1) is 0 Å². The molecule has 1 aliphatic rings. The smallest absolute Gasteiger partial charge is 0.336 e. The minimum atomic E-state index is -0.875. The third-order valence-electron chi connectivity index (χ3n) is 4.41. The van der Waals surface area contributed by atoms with Crippen molar-refractivity contribution in [1.82, 2.24) is 0 Å². The summed E-state index contributed by atoms with van der Waals surface area (Å²) in [5, 5.41) is 0. The third-order valence-corrected chi connectivity index (χ3v) is 4.41. The van der Waals surface area contributed by atoms with Crippen molar-refractivity contribution in [1.29, 1.82) is 0 Å². The first-order chi connectivity index (χ1) is 14.0. The van der Waals surface area contributed by atoms with Gasteiger partial charge in [-0.3, -0.25) is 9.79 Å². The Kier molecular flexibility index (Phi) is 8.60. The first-order valence-corrected chi connectivity index (χ1v) is 9.89. The highest BCUT2D eigenvalue weighted by Crippen LogP contribution is 2.41. The highest BCUT2D eigenvalue weighted by Gasteiger charge is 2.46. The van der Waals surface area contributed by atoms with Crippen LogP contribution in [0.3, 0.4) is 0 Å². The van der Waals surface area contributed by atoms with E-state index in [0.717, 1.165) is 0 Å². The van der Waals surface area contributed by atoms with E-state index in [1.165, 1.54) is 6.26 Å². The molecule has 1 aliphatic heterocycles. The SMILES string of the molecule is CCOC(=O)C1=C(C(OCC)OCC)N=C(C)C(C(=O)OCC)C1c1ccco1. The van der Waals surface area contributed by atoms with E-state index in [1.54, 1.807) is 32.9 Å². The lowest BCUT2D eigenvalue weighted by molar-refractivity contribution is -0.147. The lowest BCUT2D eigenvalue weighted by Crippen LogP contribution is -2.39. The van der Waals surface area contributed by atoms with Gasteiger partial charge in [0.2, 0.25) is 6.29 Å². The minimum absolute atomic E-state index is 0.168. The fraction of sp³-hybridized carbons (Fsp3) is 0.571. The molecule has 0 bridgehead atoms. The standard InChI is InChI=1S/C21H29NO7/c1-6-25-19(23)15-13(5)22-18(21(27-8-3)28-9-4)17(20(24)26-7-2)16(15)14-11-10-12-29-14/h10-12,15-16,21H,6-9H2,1-5H3. The van der Waals surface area contributed by atoms with Crippen LogP contribution in [-0.2, 0) is 28.5 Å². The summed E-state index contributed by atoms with van der Waals surface area (Å²) >= 11 is 0. The Morgan fingerprint density at radius 1 is 1.07 bits per heavy atom. The molecular formula is C21H29NO7. The zero-order valence-corrected chi connectivity index (χ0v) is 17.6. The van der Waals surface area contributed by atoms with Crippen LogP contribution in [0.1, 0.15) is 46.3 Å². The number of hydrogen-bond donors (Lipinski definition) is 0. The van der Waals surface area contributed by atoms with Crippen LogP contribution in [-0.4, -0.2) is 50.4 Å². The van der Waals surface area contributed by atoms with E-state index in [1.807, 2.05) is 13.8 Å². The van der Waals surface area contributed by atoms with Gasteiger partial charge in [0.15, 0.2) is 0 Å². The monoisotopic (exact) mass is 407 g/mol. The lowest BCUT2D eigenvalue weighted by atomic mass is 9.78. The lowest BCUT2D eigenvalue weighted by Gasteiger charge is -2.32. The molecule has 160 valence electrons. The predicted molar refractivity (Wildman–Crippen MR) is 105 cm³/mol. The summed E-state index contributed by atoms with van der Waals surface area (Å²) in [5.41, 5.74) is 0.946. The van der Waals surface area contributed by atoms with Gasteiger partial charge in [-0.05, 0) is 46.8 Å². The Morgan fingerprint density at radius 2 is 1.72 bits per heavy atom. The quantitative estimate of drug-likeness (QED) is 0.434. The van der Waals surface area contributed by atoms with Gasteiger partial charge in [0.1, 0.15) is 17.4 Å². The molecule has 1 aromatic heterocycles. The Morgan fingerprint density at radius 3 is 2.24 bits per heavy atom. The summed E-state index contributed by atoms with van der Waals surface area (Å²) < 4.78 is 27.6. The number of furan rings is 1. The van der Waals surface area contributed by atoms with E-state index < -0.39 is 30.1 Å². The average molecular weight is 407 g/mol. The number of rotatable bonds is 10. The van der Waals surface area contributed by atoms with Gasteiger partial charge in [-0.25, -0.2) is 4.79 Å². The van der Waals surface area contributed by atoms with Crippen LogP contribution in [0.5, 0.6) is 0 Å². The van der Waals surface area contributed by atoms with Gasteiger partial charge in [0.05, 0.1) is 31.0 Å². The van der Waals surface area contributed by atoms with E-state index in [-0.39, 0.29) is 24.5 Å². The topological polar surface area (TPSA) is 96.6 Å². The molecule has 0 spiro atoms. The highest BCUT2D eigenvalue weighted by molar-refractivity contribution is 6.07. The number of hydrogen-bond acceptors (Lipinski definition) is 8. The number of carbonyl (C=O) groups is 2. The normalized spacial score (nSPS) is 19.3. The fourth-order valence-electron chi connectivity index (χ4n) is 3.33. The van der Waals surface area contributed by atoms with Crippen molar-refractivity contribution < 1.29 is 33.0 Å². The molecule has 0 aliphatic carbocycles. The van der Waals surface area contributed by atoms with Crippen molar-refractivity contribution in [3.05, 3.63) is 35.4 Å². The van der Waals surface area contributed by atoms with Gasteiger partial charge in [0.25, 0.3) is 0 Å². The van der Waals surface area contributed by atoms with E-state index in [9.17, 15) is 9.59 Å². The van der Waals surface area contributed by atoms with Gasteiger partial charge >= 0.3 is 11.9 Å². The van der Waals surface area contributed by atoms with E-state index in [0.29, 0.717) is 24.7 Å². The summed E-state index contributed by atoms with van der Waals surface area (Å²) in [6, 6.07) is 3.41. The molecule has 1 aromatic rings. The predicted octanol–water partition coefficient (Wildman–Crippen LogP) is 3.23. The number of aliphatic imine (C=N–C) groups is 1. The number of esters is 2. The largest absolute Gasteiger partial charge is 0.469 e. The van der Waals surface area contributed by atoms with E-state index in [4.69, 9.17) is 23.4 Å². The maximum Gasteiger partial charge on any atom is 0.336 e. The van der Waals surface area contributed by atoms with E-state index in [2.05, 4.69) is 4.99 Å². The van der Waals surface area contributed by atoms with Crippen LogP contribution in [0.15, 0.2) is 39.1 Å². The van der Waals surface area contributed by atoms with Crippen LogP contribution in [0.4, 0.5) is 0 Å². The summed E-state index contributed by atoms with van der Waals surface area (Å²) in [7, 11) is 0. The first kappa shape index (κ1) is 22.8. The molecule has 2 rings (SSSR count). The van der Waals surface area contributed by atoms with Crippen molar-refractivity contribution in [2.45, 2.75) is 46.8 Å². The average Bonchev–Trinajstić information content (AvgIpc) is 3.21. The van der Waals surface area contributed by atoms with Crippen molar-refractivity contribution in [2.24, 2.45) is 10.9 Å². The van der Waals surface area contributed by atoms with Crippen molar-refractivity contribution in [2.75, 3.05) is 26.4 Å². The minimum Gasteiger partial charge on any atom is -0.469 e. The molecular weight excluding hydrogens is 378 g/mol. The second kappa shape index (κ2) is 10.9. The third kappa shape index (κ3) is 5.13. The molecule has 0 aromatic carbocycles.